The minimum absolute atomic E-state index is 0.127. The van der Waals surface area contributed by atoms with Gasteiger partial charge in [-0.25, -0.2) is 12.8 Å². The van der Waals surface area contributed by atoms with E-state index >= 15 is 0 Å². The van der Waals surface area contributed by atoms with Crippen molar-refractivity contribution in [2.45, 2.75) is 13.3 Å². The average Bonchev–Trinajstić information content (AvgIpc) is 2.61. The fourth-order valence-electron chi connectivity index (χ4n) is 2.47. The van der Waals surface area contributed by atoms with E-state index in [1.807, 2.05) is 24.3 Å². The van der Waals surface area contributed by atoms with Crippen molar-refractivity contribution in [3.63, 3.8) is 0 Å². The number of hydrogen-bond acceptors (Lipinski definition) is 4. The molecule has 1 unspecified atom stereocenters. The molecule has 0 bridgehead atoms. The summed E-state index contributed by atoms with van der Waals surface area (Å²) >= 11 is 0. The van der Waals surface area contributed by atoms with Gasteiger partial charge in [0.15, 0.2) is 0 Å². The van der Waals surface area contributed by atoms with E-state index < -0.39 is 27.5 Å². The monoisotopic (exact) mass is 394 g/mol. The zero-order chi connectivity index (χ0) is 19.9. The third kappa shape index (κ3) is 6.90. The summed E-state index contributed by atoms with van der Waals surface area (Å²) in [5, 5.41) is 2.73. The Hall–Kier alpha value is -2.61. The van der Waals surface area contributed by atoms with Gasteiger partial charge in [0.25, 0.3) is 0 Å². The van der Waals surface area contributed by atoms with Crippen LogP contribution in [0.2, 0.25) is 0 Å². The maximum atomic E-state index is 13.1. The van der Waals surface area contributed by atoms with Crippen LogP contribution in [0.3, 0.4) is 0 Å². The molecule has 0 fully saturated rings. The SMILES string of the molecule is COc1ccc(CCNC(=O)C(C)CS(=O)(=O)Nc2cccc(F)c2)cc1. The highest BCUT2D eigenvalue weighted by Gasteiger charge is 2.21. The third-order valence-electron chi connectivity index (χ3n) is 3.89. The summed E-state index contributed by atoms with van der Waals surface area (Å²) in [4.78, 5) is 12.1. The molecule has 0 saturated heterocycles. The van der Waals surface area contributed by atoms with Gasteiger partial charge in [0.05, 0.1) is 24.5 Å². The Morgan fingerprint density at radius 1 is 1.19 bits per heavy atom. The van der Waals surface area contributed by atoms with Crippen molar-refractivity contribution in [3.05, 3.63) is 59.9 Å². The highest BCUT2D eigenvalue weighted by Crippen LogP contribution is 2.13. The predicted molar refractivity (Wildman–Crippen MR) is 103 cm³/mol. The van der Waals surface area contributed by atoms with Crippen LogP contribution in [0.4, 0.5) is 10.1 Å². The number of methoxy groups -OCH3 is 1. The molecule has 2 rings (SSSR count). The van der Waals surface area contributed by atoms with Gasteiger partial charge in [0.1, 0.15) is 11.6 Å². The summed E-state index contributed by atoms with van der Waals surface area (Å²) in [5.41, 5.74) is 1.16. The number of carbonyl (C=O) groups is 1. The Morgan fingerprint density at radius 2 is 1.89 bits per heavy atom. The third-order valence-corrected chi connectivity index (χ3v) is 5.37. The van der Waals surface area contributed by atoms with Crippen LogP contribution in [0, 0.1) is 11.7 Å². The maximum absolute atomic E-state index is 13.1. The first kappa shape index (κ1) is 20.7. The minimum Gasteiger partial charge on any atom is -0.497 e. The van der Waals surface area contributed by atoms with Crippen molar-refractivity contribution < 1.29 is 22.3 Å². The van der Waals surface area contributed by atoms with E-state index in [0.717, 1.165) is 17.4 Å². The zero-order valence-electron chi connectivity index (χ0n) is 15.2. The largest absolute Gasteiger partial charge is 0.497 e. The lowest BCUT2D eigenvalue weighted by atomic mass is 10.1. The van der Waals surface area contributed by atoms with Gasteiger partial charge in [-0.1, -0.05) is 25.1 Å². The van der Waals surface area contributed by atoms with Crippen molar-refractivity contribution in [1.82, 2.24) is 5.32 Å². The van der Waals surface area contributed by atoms with Crippen LogP contribution in [0.1, 0.15) is 12.5 Å². The first-order valence-corrected chi connectivity index (χ1v) is 10.1. The topological polar surface area (TPSA) is 84.5 Å². The second-order valence-electron chi connectivity index (χ2n) is 6.18. The summed E-state index contributed by atoms with van der Waals surface area (Å²) in [6, 6.07) is 12.6. The van der Waals surface area contributed by atoms with Crippen LogP contribution in [-0.2, 0) is 21.2 Å². The lowest BCUT2D eigenvalue weighted by Crippen LogP contribution is -2.35. The first-order valence-electron chi connectivity index (χ1n) is 8.46. The lowest BCUT2D eigenvalue weighted by Gasteiger charge is -2.14. The molecule has 2 N–H and O–H groups in total. The molecular weight excluding hydrogens is 371 g/mol. The zero-order valence-corrected chi connectivity index (χ0v) is 16.1. The van der Waals surface area contributed by atoms with Crippen LogP contribution >= 0.6 is 0 Å². The number of carbonyl (C=O) groups excluding carboxylic acids is 1. The predicted octanol–water partition coefficient (Wildman–Crippen LogP) is 2.57. The smallest absolute Gasteiger partial charge is 0.233 e. The summed E-state index contributed by atoms with van der Waals surface area (Å²) in [5.74, 6) is -1.27. The molecule has 0 radical (unpaired) electrons. The van der Waals surface area contributed by atoms with Crippen LogP contribution in [-0.4, -0.2) is 33.7 Å². The molecule has 0 aromatic heterocycles. The van der Waals surface area contributed by atoms with Gasteiger partial charge in [-0.2, -0.15) is 0 Å². The molecule has 2 aromatic carbocycles. The van der Waals surface area contributed by atoms with Gasteiger partial charge in [-0.05, 0) is 42.3 Å². The molecule has 27 heavy (non-hydrogen) atoms. The second kappa shape index (κ2) is 9.36. The van der Waals surface area contributed by atoms with Crippen molar-refractivity contribution in [3.8, 4) is 5.75 Å². The van der Waals surface area contributed by atoms with E-state index in [-0.39, 0.29) is 11.6 Å². The number of benzene rings is 2. The Bertz CT molecular complexity index is 870. The van der Waals surface area contributed by atoms with Crippen LogP contribution in [0.5, 0.6) is 5.75 Å². The molecule has 1 atom stereocenters. The van der Waals surface area contributed by atoms with E-state index in [4.69, 9.17) is 4.74 Å². The molecule has 1 amide bonds. The Kier molecular flexibility index (Phi) is 7.18. The van der Waals surface area contributed by atoms with E-state index in [0.29, 0.717) is 13.0 Å². The van der Waals surface area contributed by atoms with Crippen LogP contribution < -0.4 is 14.8 Å². The fraction of sp³-hybridized carbons (Fsp3) is 0.316. The molecule has 0 aliphatic carbocycles. The molecule has 0 aliphatic heterocycles. The number of nitrogens with one attached hydrogen (secondary N) is 2. The van der Waals surface area contributed by atoms with Gasteiger partial charge < -0.3 is 10.1 Å². The number of rotatable bonds is 9. The minimum atomic E-state index is -3.77. The molecular formula is C19H23FN2O4S. The van der Waals surface area contributed by atoms with Crippen molar-refractivity contribution in [2.75, 3.05) is 24.1 Å². The highest BCUT2D eigenvalue weighted by atomic mass is 32.2. The normalized spacial score (nSPS) is 12.3. The summed E-state index contributed by atoms with van der Waals surface area (Å²) in [6.45, 7) is 1.93. The average molecular weight is 394 g/mol. The number of ether oxygens (including phenoxy) is 1. The number of amides is 1. The standard InChI is InChI=1S/C19H23FN2O4S/c1-14(13-27(24,25)22-17-5-3-4-16(20)12-17)19(23)21-11-10-15-6-8-18(26-2)9-7-15/h3-9,12,14,22H,10-11,13H2,1-2H3,(H,21,23). The van der Waals surface area contributed by atoms with Crippen molar-refractivity contribution >= 4 is 21.6 Å². The van der Waals surface area contributed by atoms with E-state index in [1.54, 1.807) is 7.11 Å². The van der Waals surface area contributed by atoms with Gasteiger partial charge in [0.2, 0.25) is 15.9 Å². The van der Waals surface area contributed by atoms with Gasteiger partial charge in [0, 0.05) is 6.54 Å². The molecule has 8 heteroatoms. The highest BCUT2D eigenvalue weighted by molar-refractivity contribution is 7.92. The Labute approximate surface area is 158 Å². The molecule has 146 valence electrons. The first-order chi connectivity index (χ1) is 12.8. The van der Waals surface area contributed by atoms with Gasteiger partial charge in [-0.3, -0.25) is 9.52 Å². The quantitative estimate of drug-likeness (QED) is 0.685. The van der Waals surface area contributed by atoms with Crippen LogP contribution in [0.15, 0.2) is 48.5 Å². The van der Waals surface area contributed by atoms with Gasteiger partial charge in [-0.15, -0.1) is 0 Å². The molecule has 2 aromatic rings. The van der Waals surface area contributed by atoms with Gasteiger partial charge >= 0.3 is 0 Å². The molecule has 0 aliphatic rings. The van der Waals surface area contributed by atoms with Crippen LogP contribution in [0.25, 0.3) is 0 Å². The van der Waals surface area contributed by atoms with E-state index in [2.05, 4.69) is 10.0 Å². The molecule has 0 heterocycles. The molecule has 6 nitrogen and oxygen atoms in total. The summed E-state index contributed by atoms with van der Waals surface area (Å²) in [7, 11) is -2.18. The van der Waals surface area contributed by atoms with E-state index in [9.17, 15) is 17.6 Å². The number of halogens is 1. The lowest BCUT2D eigenvalue weighted by molar-refractivity contribution is -0.123. The van der Waals surface area contributed by atoms with Crippen molar-refractivity contribution in [1.29, 1.82) is 0 Å². The number of sulfonamides is 1. The maximum Gasteiger partial charge on any atom is 0.233 e. The number of hydrogen-bond donors (Lipinski definition) is 2. The second-order valence-corrected chi connectivity index (χ2v) is 7.95. The Morgan fingerprint density at radius 3 is 2.52 bits per heavy atom. The summed E-state index contributed by atoms with van der Waals surface area (Å²) in [6.07, 6.45) is 0.622. The molecule has 0 saturated carbocycles. The van der Waals surface area contributed by atoms with Crippen molar-refractivity contribution in [2.24, 2.45) is 5.92 Å². The Balaban J connectivity index is 1.81. The number of anilines is 1. The molecule has 0 spiro atoms. The van der Waals surface area contributed by atoms with E-state index in [1.165, 1.54) is 25.1 Å². The summed E-state index contributed by atoms with van der Waals surface area (Å²) < 4.78 is 44.8. The fourth-order valence-corrected chi connectivity index (χ4v) is 3.85.